The first-order valence-corrected chi connectivity index (χ1v) is 9.17. The molecule has 0 aromatic heterocycles. The van der Waals surface area contributed by atoms with Crippen LogP contribution in [0.15, 0.2) is 0 Å². The van der Waals surface area contributed by atoms with Gasteiger partial charge in [-0.15, -0.1) is 0 Å². The number of hydrogen-bond donors (Lipinski definition) is 0. The molecule has 0 amide bonds. The maximum absolute atomic E-state index is 2.59. The lowest BCUT2D eigenvalue weighted by atomic mass is 9.71. The molecule has 1 heteroatoms. The zero-order chi connectivity index (χ0) is 16.2. The second-order valence-corrected chi connectivity index (χ2v) is 6.63. The lowest BCUT2D eigenvalue weighted by Crippen LogP contribution is -2.39. The third-order valence-corrected chi connectivity index (χ3v) is 4.29. The summed E-state index contributed by atoms with van der Waals surface area (Å²) in [5.74, 6) is 0.800. The van der Waals surface area contributed by atoms with Crippen LogP contribution in [0.5, 0.6) is 0 Å². The average Bonchev–Trinajstić information content (AvgIpc) is 2.43. The summed E-state index contributed by atoms with van der Waals surface area (Å²) in [5, 5.41) is 0. The summed E-state index contributed by atoms with van der Waals surface area (Å²) >= 11 is 0. The van der Waals surface area contributed by atoms with E-state index in [9.17, 15) is 0 Å². The van der Waals surface area contributed by atoms with Crippen molar-refractivity contribution in [1.29, 1.82) is 0 Å². The fourth-order valence-electron chi connectivity index (χ4n) is 3.32. The largest absolute Gasteiger partial charge is 0.303 e. The van der Waals surface area contributed by atoms with Crippen molar-refractivity contribution < 1.29 is 0 Å². The summed E-state index contributed by atoms with van der Waals surface area (Å²) in [6.45, 7) is 18.7. The highest BCUT2D eigenvalue weighted by Crippen LogP contribution is 2.40. The zero-order valence-corrected chi connectivity index (χ0v) is 16.1. The van der Waals surface area contributed by atoms with Crippen LogP contribution in [-0.4, -0.2) is 24.5 Å². The fraction of sp³-hybridized carbons (Fsp3) is 1.00. The van der Waals surface area contributed by atoms with Crippen molar-refractivity contribution in [1.82, 2.24) is 4.90 Å². The minimum atomic E-state index is 0.657. The molecule has 0 aliphatic heterocycles. The molecule has 1 aliphatic rings. The van der Waals surface area contributed by atoms with E-state index < -0.39 is 0 Å². The molecule has 20 heavy (non-hydrogen) atoms. The van der Waals surface area contributed by atoms with Crippen molar-refractivity contribution in [3.05, 3.63) is 0 Å². The van der Waals surface area contributed by atoms with Gasteiger partial charge in [-0.05, 0) is 50.5 Å². The quantitative estimate of drug-likeness (QED) is 0.567. The summed E-state index contributed by atoms with van der Waals surface area (Å²) in [6.07, 6.45) is 8.48. The second-order valence-electron chi connectivity index (χ2n) is 6.63. The molecule has 0 aromatic carbocycles. The fourth-order valence-corrected chi connectivity index (χ4v) is 3.32. The molecule has 0 saturated heterocycles. The van der Waals surface area contributed by atoms with Gasteiger partial charge in [0.05, 0.1) is 0 Å². The first-order chi connectivity index (χ1) is 9.47. The van der Waals surface area contributed by atoms with Crippen LogP contribution in [0.4, 0.5) is 0 Å². The summed E-state index contributed by atoms with van der Waals surface area (Å²) in [4.78, 5) is 2.59. The van der Waals surface area contributed by atoms with Crippen LogP contribution in [0.25, 0.3) is 0 Å². The van der Waals surface area contributed by atoms with Gasteiger partial charge >= 0.3 is 0 Å². The molecular formula is C19H43N. The van der Waals surface area contributed by atoms with Crippen LogP contribution >= 0.6 is 0 Å². The Labute approximate surface area is 130 Å². The SMILES string of the molecule is CC.CC.CCCC1(C)CCC(N(C)CC(C)C)CC1. The standard InChI is InChI=1S/C15H31N.2C2H6/c1-6-9-15(4)10-7-14(8-11-15)16(5)12-13(2)3;2*1-2/h13-14H,6-12H2,1-5H3;2*1-2H3. The summed E-state index contributed by atoms with van der Waals surface area (Å²) in [6, 6.07) is 0.854. The van der Waals surface area contributed by atoms with Crippen LogP contribution < -0.4 is 0 Å². The van der Waals surface area contributed by atoms with E-state index in [1.165, 1.54) is 45.1 Å². The van der Waals surface area contributed by atoms with Crippen molar-refractivity contribution in [3.8, 4) is 0 Å². The van der Waals surface area contributed by atoms with Crippen LogP contribution in [-0.2, 0) is 0 Å². The highest BCUT2D eigenvalue weighted by atomic mass is 15.1. The van der Waals surface area contributed by atoms with Gasteiger partial charge in [-0.25, -0.2) is 0 Å². The molecule has 1 aliphatic carbocycles. The van der Waals surface area contributed by atoms with E-state index in [1.54, 1.807) is 0 Å². The number of rotatable bonds is 5. The Kier molecular flexibility index (Phi) is 14.1. The molecule has 1 fully saturated rings. The highest BCUT2D eigenvalue weighted by Gasteiger charge is 2.31. The molecule has 0 unspecified atom stereocenters. The van der Waals surface area contributed by atoms with Crippen molar-refractivity contribution in [2.75, 3.05) is 13.6 Å². The molecule has 0 heterocycles. The van der Waals surface area contributed by atoms with E-state index in [0.29, 0.717) is 5.41 Å². The first kappa shape index (κ1) is 22.2. The average molecular weight is 286 g/mol. The van der Waals surface area contributed by atoms with Crippen molar-refractivity contribution in [2.45, 2.75) is 100.0 Å². The van der Waals surface area contributed by atoms with E-state index in [4.69, 9.17) is 0 Å². The van der Waals surface area contributed by atoms with Crippen LogP contribution in [0.3, 0.4) is 0 Å². The maximum Gasteiger partial charge on any atom is 0.00927 e. The monoisotopic (exact) mass is 285 g/mol. The van der Waals surface area contributed by atoms with Gasteiger partial charge in [-0.1, -0.05) is 61.8 Å². The Hall–Kier alpha value is -0.0400. The molecule has 0 radical (unpaired) electrons. The minimum Gasteiger partial charge on any atom is -0.303 e. The predicted octanol–water partition coefficient (Wildman–Crippen LogP) is 6.38. The zero-order valence-electron chi connectivity index (χ0n) is 16.1. The molecule has 1 saturated carbocycles. The van der Waals surface area contributed by atoms with E-state index in [0.717, 1.165) is 12.0 Å². The Morgan fingerprint density at radius 1 is 1.05 bits per heavy atom. The molecule has 1 nitrogen and oxygen atoms in total. The molecule has 0 aromatic rings. The Morgan fingerprint density at radius 2 is 1.50 bits per heavy atom. The summed E-state index contributed by atoms with van der Waals surface area (Å²) in [5.41, 5.74) is 0.657. The topological polar surface area (TPSA) is 3.24 Å². The summed E-state index contributed by atoms with van der Waals surface area (Å²) in [7, 11) is 2.31. The highest BCUT2D eigenvalue weighted by molar-refractivity contribution is 4.85. The molecule has 0 bridgehead atoms. The van der Waals surface area contributed by atoms with Crippen molar-refractivity contribution >= 4 is 0 Å². The van der Waals surface area contributed by atoms with Gasteiger partial charge in [-0.3, -0.25) is 0 Å². The predicted molar refractivity (Wildman–Crippen MR) is 95.4 cm³/mol. The normalized spacial score (nSPS) is 25.6. The van der Waals surface area contributed by atoms with Gasteiger partial charge in [0.2, 0.25) is 0 Å². The molecule has 124 valence electrons. The van der Waals surface area contributed by atoms with Gasteiger partial charge in [-0.2, -0.15) is 0 Å². The van der Waals surface area contributed by atoms with Crippen molar-refractivity contribution in [2.24, 2.45) is 11.3 Å². The molecule has 0 spiro atoms. The number of nitrogens with zero attached hydrogens (tertiary/aromatic N) is 1. The molecular weight excluding hydrogens is 242 g/mol. The van der Waals surface area contributed by atoms with Gasteiger partial charge in [0.15, 0.2) is 0 Å². The maximum atomic E-state index is 2.59. The smallest absolute Gasteiger partial charge is 0.00927 e. The first-order valence-electron chi connectivity index (χ1n) is 9.17. The van der Waals surface area contributed by atoms with Gasteiger partial charge in [0, 0.05) is 12.6 Å². The molecule has 1 rings (SSSR count). The van der Waals surface area contributed by atoms with Crippen LogP contribution in [0.1, 0.15) is 93.9 Å². The lowest BCUT2D eigenvalue weighted by Gasteiger charge is -2.41. The molecule has 0 atom stereocenters. The third kappa shape index (κ3) is 9.00. The minimum absolute atomic E-state index is 0.657. The summed E-state index contributed by atoms with van der Waals surface area (Å²) < 4.78 is 0. The van der Waals surface area contributed by atoms with E-state index in [1.807, 2.05) is 27.7 Å². The Balaban J connectivity index is 0. The van der Waals surface area contributed by atoms with Crippen LogP contribution in [0.2, 0.25) is 0 Å². The van der Waals surface area contributed by atoms with E-state index in [2.05, 4.69) is 39.6 Å². The molecule has 0 N–H and O–H groups in total. The van der Waals surface area contributed by atoms with Crippen LogP contribution in [0, 0.1) is 11.3 Å². The van der Waals surface area contributed by atoms with Gasteiger partial charge < -0.3 is 4.90 Å². The van der Waals surface area contributed by atoms with E-state index in [-0.39, 0.29) is 0 Å². The second kappa shape index (κ2) is 12.7. The Morgan fingerprint density at radius 3 is 1.85 bits per heavy atom. The number of hydrogen-bond acceptors (Lipinski definition) is 1. The third-order valence-electron chi connectivity index (χ3n) is 4.29. The van der Waals surface area contributed by atoms with E-state index >= 15 is 0 Å². The van der Waals surface area contributed by atoms with Gasteiger partial charge in [0.25, 0.3) is 0 Å². The van der Waals surface area contributed by atoms with Crippen molar-refractivity contribution in [3.63, 3.8) is 0 Å². The van der Waals surface area contributed by atoms with Gasteiger partial charge in [0.1, 0.15) is 0 Å². The Bertz CT molecular complexity index is 190. The lowest BCUT2D eigenvalue weighted by molar-refractivity contribution is 0.102.